The SMILES string of the molecule is CC[C@H](Oc1ccccc1C(C)C)C(=O)N1CC[C@H](CN)C1. The van der Waals surface area contributed by atoms with E-state index < -0.39 is 6.10 Å². The van der Waals surface area contributed by atoms with Crippen LogP contribution in [0.5, 0.6) is 5.75 Å². The average Bonchev–Trinajstić information content (AvgIpc) is 3.01. The summed E-state index contributed by atoms with van der Waals surface area (Å²) in [5.74, 6) is 1.73. The number of hydrogen-bond acceptors (Lipinski definition) is 3. The van der Waals surface area contributed by atoms with Gasteiger partial charge in [0, 0.05) is 13.1 Å². The highest BCUT2D eigenvalue weighted by atomic mass is 16.5. The summed E-state index contributed by atoms with van der Waals surface area (Å²) in [4.78, 5) is 14.6. The summed E-state index contributed by atoms with van der Waals surface area (Å²) in [6, 6.07) is 7.99. The van der Waals surface area contributed by atoms with Crippen LogP contribution in [0.1, 0.15) is 45.1 Å². The van der Waals surface area contributed by atoms with E-state index in [0.717, 1.165) is 30.8 Å². The molecule has 4 nitrogen and oxygen atoms in total. The lowest BCUT2D eigenvalue weighted by Crippen LogP contribution is -2.41. The second-order valence-electron chi connectivity index (χ2n) is 6.38. The predicted octanol–water partition coefficient (Wildman–Crippen LogP) is 2.77. The van der Waals surface area contributed by atoms with E-state index in [1.54, 1.807) is 0 Å². The molecule has 1 amide bonds. The van der Waals surface area contributed by atoms with Crippen molar-refractivity contribution in [1.29, 1.82) is 0 Å². The lowest BCUT2D eigenvalue weighted by Gasteiger charge is -2.25. The zero-order valence-corrected chi connectivity index (χ0v) is 13.9. The Labute approximate surface area is 133 Å². The number of carbonyl (C=O) groups is 1. The molecule has 0 bridgehead atoms. The second-order valence-corrected chi connectivity index (χ2v) is 6.38. The molecule has 1 aromatic rings. The molecule has 1 heterocycles. The summed E-state index contributed by atoms with van der Waals surface area (Å²) in [6.45, 7) is 8.48. The van der Waals surface area contributed by atoms with Crippen LogP contribution in [0.15, 0.2) is 24.3 Å². The zero-order valence-electron chi connectivity index (χ0n) is 13.9. The summed E-state index contributed by atoms with van der Waals surface area (Å²) < 4.78 is 6.08. The van der Waals surface area contributed by atoms with Crippen molar-refractivity contribution in [3.63, 3.8) is 0 Å². The molecule has 0 unspecified atom stereocenters. The maximum atomic E-state index is 12.7. The number of nitrogens with zero attached hydrogens (tertiary/aromatic N) is 1. The minimum Gasteiger partial charge on any atom is -0.480 e. The second kappa shape index (κ2) is 7.63. The van der Waals surface area contributed by atoms with Gasteiger partial charge in [0.25, 0.3) is 5.91 Å². The smallest absolute Gasteiger partial charge is 0.263 e. The van der Waals surface area contributed by atoms with Gasteiger partial charge in [-0.05, 0) is 42.9 Å². The molecule has 2 atom stereocenters. The van der Waals surface area contributed by atoms with Crippen LogP contribution in [0.4, 0.5) is 0 Å². The van der Waals surface area contributed by atoms with Crippen molar-refractivity contribution in [2.75, 3.05) is 19.6 Å². The third kappa shape index (κ3) is 3.80. The zero-order chi connectivity index (χ0) is 16.1. The first-order chi connectivity index (χ1) is 10.6. The van der Waals surface area contributed by atoms with E-state index in [4.69, 9.17) is 10.5 Å². The van der Waals surface area contributed by atoms with Crippen LogP contribution in [-0.4, -0.2) is 36.5 Å². The Balaban J connectivity index is 2.08. The molecule has 2 rings (SSSR count). The molecular formula is C18H28N2O2. The minimum atomic E-state index is -0.406. The van der Waals surface area contributed by atoms with Gasteiger partial charge in [-0.15, -0.1) is 0 Å². The summed E-state index contributed by atoms with van der Waals surface area (Å²) in [7, 11) is 0. The maximum absolute atomic E-state index is 12.7. The Kier molecular flexibility index (Phi) is 5.83. The number of ether oxygens (including phenoxy) is 1. The molecule has 1 fully saturated rings. The van der Waals surface area contributed by atoms with Crippen LogP contribution >= 0.6 is 0 Å². The van der Waals surface area contributed by atoms with Crippen LogP contribution in [-0.2, 0) is 4.79 Å². The van der Waals surface area contributed by atoms with Crippen LogP contribution in [0, 0.1) is 5.92 Å². The molecule has 4 heteroatoms. The van der Waals surface area contributed by atoms with E-state index in [1.807, 2.05) is 30.0 Å². The fourth-order valence-corrected chi connectivity index (χ4v) is 2.96. The quantitative estimate of drug-likeness (QED) is 0.879. The van der Waals surface area contributed by atoms with E-state index >= 15 is 0 Å². The fourth-order valence-electron chi connectivity index (χ4n) is 2.96. The third-order valence-electron chi connectivity index (χ3n) is 4.39. The van der Waals surface area contributed by atoms with Gasteiger partial charge in [-0.25, -0.2) is 0 Å². The van der Waals surface area contributed by atoms with Gasteiger partial charge in [0.2, 0.25) is 0 Å². The Morgan fingerprint density at radius 2 is 2.14 bits per heavy atom. The maximum Gasteiger partial charge on any atom is 0.263 e. The molecule has 0 spiro atoms. The van der Waals surface area contributed by atoms with Crippen LogP contribution in [0.3, 0.4) is 0 Å². The van der Waals surface area contributed by atoms with E-state index in [1.165, 1.54) is 0 Å². The topological polar surface area (TPSA) is 55.6 Å². The monoisotopic (exact) mass is 304 g/mol. The van der Waals surface area contributed by atoms with Gasteiger partial charge >= 0.3 is 0 Å². The molecular weight excluding hydrogens is 276 g/mol. The minimum absolute atomic E-state index is 0.0945. The summed E-state index contributed by atoms with van der Waals surface area (Å²) in [5.41, 5.74) is 6.86. The predicted molar refractivity (Wildman–Crippen MR) is 89.0 cm³/mol. The van der Waals surface area contributed by atoms with Crippen LogP contribution < -0.4 is 10.5 Å². The molecule has 0 aromatic heterocycles. The number of rotatable bonds is 6. The standard InChI is InChI=1S/C18H28N2O2/c1-4-16(18(21)20-10-9-14(11-19)12-20)22-17-8-6-5-7-15(17)13(2)3/h5-8,13-14,16H,4,9-12,19H2,1-3H3/t14-,16+/m1/s1. The molecule has 2 N–H and O–H groups in total. The number of likely N-dealkylation sites (tertiary alicyclic amines) is 1. The molecule has 1 aliphatic heterocycles. The molecule has 1 aliphatic rings. The van der Waals surface area contributed by atoms with Gasteiger partial charge in [0.15, 0.2) is 6.10 Å². The summed E-state index contributed by atoms with van der Waals surface area (Å²) in [5, 5.41) is 0. The first kappa shape index (κ1) is 16.8. The van der Waals surface area contributed by atoms with Crippen molar-refractivity contribution >= 4 is 5.91 Å². The van der Waals surface area contributed by atoms with E-state index in [2.05, 4.69) is 19.9 Å². The molecule has 122 valence electrons. The van der Waals surface area contributed by atoms with Crippen molar-refractivity contribution in [2.24, 2.45) is 11.7 Å². The Morgan fingerprint density at radius 3 is 2.73 bits per heavy atom. The number of carbonyl (C=O) groups excluding carboxylic acids is 1. The van der Waals surface area contributed by atoms with Gasteiger partial charge in [-0.2, -0.15) is 0 Å². The fraction of sp³-hybridized carbons (Fsp3) is 0.611. The Hall–Kier alpha value is -1.55. The van der Waals surface area contributed by atoms with Crippen molar-refractivity contribution in [2.45, 2.75) is 45.6 Å². The van der Waals surface area contributed by atoms with E-state index in [-0.39, 0.29) is 5.91 Å². The van der Waals surface area contributed by atoms with Crippen LogP contribution in [0.25, 0.3) is 0 Å². The van der Waals surface area contributed by atoms with E-state index in [0.29, 0.717) is 24.8 Å². The number of para-hydroxylation sites is 1. The number of amides is 1. The first-order valence-corrected chi connectivity index (χ1v) is 8.31. The van der Waals surface area contributed by atoms with Gasteiger partial charge in [-0.1, -0.05) is 39.0 Å². The molecule has 0 saturated carbocycles. The number of benzene rings is 1. The third-order valence-corrected chi connectivity index (χ3v) is 4.39. The summed E-state index contributed by atoms with van der Waals surface area (Å²) in [6.07, 6.45) is 1.27. The molecule has 22 heavy (non-hydrogen) atoms. The highest BCUT2D eigenvalue weighted by molar-refractivity contribution is 5.81. The largest absolute Gasteiger partial charge is 0.480 e. The van der Waals surface area contributed by atoms with Crippen molar-refractivity contribution in [3.05, 3.63) is 29.8 Å². The Bertz CT molecular complexity index is 502. The molecule has 0 aliphatic carbocycles. The van der Waals surface area contributed by atoms with E-state index in [9.17, 15) is 4.79 Å². The molecule has 0 radical (unpaired) electrons. The van der Waals surface area contributed by atoms with Gasteiger partial charge in [-0.3, -0.25) is 4.79 Å². The lowest BCUT2D eigenvalue weighted by molar-refractivity contribution is -0.137. The van der Waals surface area contributed by atoms with Gasteiger partial charge < -0.3 is 15.4 Å². The molecule has 1 saturated heterocycles. The normalized spacial score (nSPS) is 19.5. The first-order valence-electron chi connectivity index (χ1n) is 8.31. The highest BCUT2D eigenvalue weighted by Crippen LogP contribution is 2.28. The summed E-state index contributed by atoms with van der Waals surface area (Å²) >= 11 is 0. The molecule has 1 aromatic carbocycles. The van der Waals surface area contributed by atoms with Crippen molar-refractivity contribution in [3.8, 4) is 5.75 Å². The average molecular weight is 304 g/mol. The van der Waals surface area contributed by atoms with Gasteiger partial charge in [0.05, 0.1) is 0 Å². The van der Waals surface area contributed by atoms with Crippen molar-refractivity contribution < 1.29 is 9.53 Å². The van der Waals surface area contributed by atoms with Crippen LogP contribution in [0.2, 0.25) is 0 Å². The highest BCUT2D eigenvalue weighted by Gasteiger charge is 2.31. The lowest BCUT2D eigenvalue weighted by atomic mass is 10.0. The van der Waals surface area contributed by atoms with Crippen molar-refractivity contribution in [1.82, 2.24) is 4.90 Å². The number of hydrogen-bond donors (Lipinski definition) is 1. The number of nitrogens with two attached hydrogens (primary N) is 1. The van der Waals surface area contributed by atoms with Gasteiger partial charge in [0.1, 0.15) is 5.75 Å². The Morgan fingerprint density at radius 1 is 1.41 bits per heavy atom.